The highest BCUT2D eigenvalue weighted by Gasteiger charge is 2.17. The third-order valence-corrected chi connectivity index (χ3v) is 8.67. The molecule has 0 aromatic heterocycles. The number of carbonyl (C=O) groups excluding carboxylic acids is 2. The number of hydrogen-bond acceptors (Lipinski definition) is 4. The second-order valence-electron chi connectivity index (χ2n) is 12.5. The monoisotopic (exact) mass is 567 g/mol. The van der Waals surface area contributed by atoms with Gasteiger partial charge in [0.15, 0.2) is 0 Å². The van der Waals surface area contributed by atoms with E-state index in [9.17, 15) is 9.59 Å². The molecule has 0 radical (unpaired) electrons. The number of hydrogen-bond donors (Lipinski definition) is 1. The summed E-state index contributed by atoms with van der Waals surface area (Å²) in [5.74, 6) is 0.470. The zero-order valence-electron chi connectivity index (χ0n) is 27.2. The van der Waals surface area contributed by atoms with E-state index in [0.717, 1.165) is 25.7 Å². The molecule has 1 atom stereocenters. The molecule has 4 nitrogen and oxygen atoms in total. The van der Waals surface area contributed by atoms with Gasteiger partial charge in [-0.1, -0.05) is 174 Å². The van der Waals surface area contributed by atoms with Gasteiger partial charge in [0.05, 0.1) is 0 Å². The molecule has 238 valence electrons. The van der Waals surface area contributed by atoms with Crippen LogP contribution in [0.4, 0.5) is 0 Å². The van der Waals surface area contributed by atoms with Crippen molar-refractivity contribution in [1.29, 1.82) is 0 Å². The molecule has 0 aliphatic heterocycles. The van der Waals surface area contributed by atoms with Crippen molar-refractivity contribution in [2.45, 2.75) is 213 Å². The van der Waals surface area contributed by atoms with Gasteiger partial charge in [0.2, 0.25) is 0 Å². The van der Waals surface area contributed by atoms with Gasteiger partial charge in [-0.2, -0.15) is 5.26 Å². The topological polar surface area (TPSA) is 63.6 Å². The van der Waals surface area contributed by atoms with Gasteiger partial charge in [0.25, 0.3) is 0 Å². The Balaban J connectivity index is 0.000000763. The molecule has 1 aliphatic rings. The molecule has 0 bridgehead atoms. The Hall–Kier alpha value is -0.900. The van der Waals surface area contributed by atoms with Crippen LogP contribution >= 0.6 is 0 Å². The Bertz CT molecular complexity index is 531. The number of unbranched alkanes of at least 4 members (excludes halogenated alkanes) is 17. The zero-order chi connectivity index (χ0) is 29.4. The van der Waals surface area contributed by atoms with E-state index in [4.69, 9.17) is 5.26 Å². The van der Waals surface area contributed by atoms with Crippen LogP contribution in [0.3, 0.4) is 0 Å². The summed E-state index contributed by atoms with van der Waals surface area (Å²) in [6.45, 7) is 4.52. The van der Waals surface area contributed by atoms with Crippen molar-refractivity contribution in [3.05, 3.63) is 0 Å². The van der Waals surface area contributed by atoms with Gasteiger partial charge in [-0.15, -0.1) is 0 Å². The van der Waals surface area contributed by atoms with E-state index in [1.165, 1.54) is 167 Å². The molecular formula is C36H70O4. The van der Waals surface area contributed by atoms with Gasteiger partial charge in [-0.3, -0.25) is 4.79 Å². The number of carbonyl (C=O) groups is 2. The average Bonchev–Trinajstić information content (AvgIpc) is 2.96. The van der Waals surface area contributed by atoms with Crippen molar-refractivity contribution in [3.8, 4) is 0 Å². The summed E-state index contributed by atoms with van der Waals surface area (Å²) in [6.07, 6.45) is 39.0. The summed E-state index contributed by atoms with van der Waals surface area (Å²) in [6, 6.07) is 0. The van der Waals surface area contributed by atoms with Crippen molar-refractivity contribution in [2.24, 2.45) is 5.92 Å². The Kier molecular flexibility index (Phi) is 31.9. The van der Waals surface area contributed by atoms with Gasteiger partial charge in [-0.05, 0) is 25.7 Å². The van der Waals surface area contributed by atoms with E-state index in [2.05, 4.69) is 18.7 Å². The van der Waals surface area contributed by atoms with Crippen LogP contribution in [0.2, 0.25) is 0 Å². The molecular weight excluding hydrogens is 496 g/mol. The van der Waals surface area contributed by atoms with Crippen molar-refractivity contribution in [3.63, 3.8) is 0 Å². The summed E-state index contributed by atoms with van der Waals surface area (Å²) >= 11 is 0. The second kappa shape index (κ2) is 32.6. The molecule has 0 heterocycles. The number of Topliss-reactive ketones (excluding diaryl/α,β-unsaturated/α-hetero) is 1. The Morgan fingerprint density at radius 1 is 0.600 bits per heavy atom. The highest BCUT2D eigenvalue weighted by atomic mass is 17.1. The molecule has 40 heavy (non-hydrogen) atoms. The third kappa shape index (κ3) is 28.6. The highest BCUT2D eigenvalue weighted by Crippen LogP contribution is 2.23. The first-order valence-electron chi connectivity index (χ1n) is 18.0. The summed E-state index contributed by atoms with van der Waals surface area (Å²) in [4.78, 5) is 26.6. The lowest BCUT2D eigenvalue weighted by Crippen LogP contribution is -2.15. The Morgan fingerprint density at radius 2 is 1.00 bits per heavy atom. The van der Waals surface area contributed by atoms with Crippen molar-refractivity contribution in [1.82, 2.24) is 0 Å². The molecule has 1 N–H and O–H groups in total. The SMILES string of the molecule is CCCCCCC1CCCCCCCCCCC1=O.CCCCCCCCCCCCCCCCCC(=O)OO. The van der Waals surface area contributed by atoms with Crippen LogP contribution in [-0.4, -0.2) is 17.0 Å². The molecule has 0 saturated heterocycles. The van der Waals surface area contributed by atoms with Crippen LogP contribution in [0.25, 0.3) is 0 Å². The maximum absolute atomic E-state index is 12.3. The normalized spacial score (nSPS) is 16.9. The molecule has 1 unspecified atom stereocenters. The van der Waals surface area contributed by atoms with Crippen LogP contribution < -0.4 is 0 Å². The van der Waals surface area contributed by atoms with E-state index < -0.39 is 5.97 Å². The van der Waals surface area contributed by atoms with Crippen LogP contribution in [0, 0.1) is 5.92 Å². The van der Waals surface area contributed by atoms with Gasteiger partial charge in [-0.25, -0.2) is 4.79 Å². The Morgan fingerprint density at radius 3 is 1.48 bits per heavy atom. The second-order valence-corrected chi connectivity index (χ2v) is 12.5. The fraction of sp³-hybridized carbons (Fsp3) is 0.944. The third-order valence-electron chi connectivity index (χ3n) is 8.67. The molecule has 0 spiro atoms. The van der Waals surface area contributed by atoms with Crippen LogP contribution in [0.15, 0.2) is 0 Å². The summed E-state index contributed by atoms with van der Waals surface area (Å²) in [5, 5.41) is 8.10. The van der Waals surface area contributed by atoms with Crippen LogP contribution in [0.1, 0.15) is 213 Å². The lowest BCUT2D eigenvalue weighted by atomic mass is 9.88. The summed E-state index contributed by atoms with van der Waals surface area (Å²) in [7, 11) is 0. The largest absolute Gasteiger partial charge is 0.342 e. The van der Waals surface area contributed by atoms with E-state index >= 15 is 0 Å². The highest BCUT2D eigenvalue weighted by molar-refractivity contribution is 5.80. The predicted molar refractivity (Wildman–Crippen MR) is 172 cm³/mol. The van der Waals surface area contributed by atoms with Crippen molar-refractivity contribution >= 4 is 11.8 Å². The van der Waals surface area contributed by atoms with E-state index in [1.807, 2.05) is 0 Å². The van der Waals surface area contributed by atoms with Crippen molar-refractivity contribution in [2.75, 3.05) is 0 Å². The Labute approximate surface area is 250 Å². The maximum Gasteiger partial charge on any atom is 0.342 e. The summed E-state index contributed by atoms with van der Waals surface area (Å²) < 4.78 is 0. The van der Waals surface area contributed by atoms with Gasteiger partial charge in [0.1, 0.15) is 5.78 Å². The van der Waals surface area contributed by atoms with Gasteiger partial charge >= 0.3 is 5.97 Å². The quantitative estimate of drug-likeness (QED) is 0.0852. The lowest BCUT2D eigenvalue weighted by molar-refractivity contribution is -0.234. The van der Waals surface area contributed by atoms with E-state index in [1.54, 1.807) is 0 Å². The molecule has 1 saturated carbocycles. The fourth-order valence-corrected chi connectivity index (χ4v) is 5.92. The maximum atomic E-state index is 12.3. The molecule has 1 aliphatic carbocycles. The molecule has 0 aromatic rings. The van der Waals surface area contributed by atoms with E-state index in [0.29, 0.717) is 18.1 Å². The smallest absolute Gasteiger partial charge is 0.301 e. The molecule has 0 aromatic carbocycles. The van der Waals surface area contributed by atoms with Crippen LogP contribution in [0.5, 0.6) is 0 Å². The first kappa shape index (κ1) is 39.1. The molecule has 1 rings (SSSR count). The fourth-order valence-electron chi connectivity index (χ4n) is 5.92. The lowest BCUT2D eigenvalue weighted by Gasteiger charge is -2.16. The molecule has 1 fully saturated rings. The number of ketones is 1. The number of rotatable bonds is 21. The first-order chi connectivity index (χ1) is 19.7. The van der Waals surface area contributed by atoms with Crippen LogP contribution in [-0.2, 0) is 14.5 Å². The predicted octanol–water partition coefficient (Wildman–Crippen LogP) is 12.3. The minimum Gasteiger partial charge on any atom is -0.301 e. The van der Waals surface area contributed by atoms with E-state index in [-0.39, 0.29) is 0 Å². The van der Waals surface area contributed by atoms with Crippen molar-refractivity contribution < 1.29 is 19.7 Å². The average molecular weight is 567 g/mol. The molecule has 0 amide bonds. The molecule has 4 heteroatoms. The first-order valence-corrected chi connectivity index (χ1v) is 18.0. The standard InChI is InChI=1S/C18H36O3.C18H34O/c1-2-3-4-5-6-7-8-9-10-11-12-13-14-15-16-17-18(19)21-20;1-2-3-4-11-14-17-15-12-9-7-5-6-8-10-13-16-18(17)19/h20H,2-17H2,1H3;17H,2-16H2,1H3. The summed E-state index contributed by atoms with van der Waals surface area (Å²) in [5.41, 5.74) is 0. The minimum absolute atomic E-state index is 0.342. The zero-order valence-corrected chi connectivity index (χ0v) is 27.2. The minimum atomic E-state index is -0.510. The van der Waals surface area contributed by atoms with Gasteiger partial charge in [0, 0.05) is 18.8 Å². The van der Waals surface area contributed by atoms with Gasteiger partial charge < -0.3 is 4.89 Å².